The van der Waals surface area contributed by atoms with Gasteiger partial charge in [-0.05, 0) is 72.8 Å². The molecular weight excluding hydrogens is 453 g/mol. The first kappa shape index (κ1) is 23.0. The van der Waals surface area contributed by atoms with Crippen LogP contribution in [-0.4, -0.2) is 11.9 Å². The molecule has 0 aliphatic rings. The van der Waals surface area contributed by atoms with Gasteiger partial charge in [0.25, 0.3) is 0 Å². The number of carbonyl (C=O) groups excluding carboxylic acids is 2. The maximum Gasteiger partial charge on any atom is 0.424 e. The number of ketones is 1. The van der Waals surface area contributed by atoms with Crippen LogP contribution in [0.1, 0.15) is 15.9 Å². The molecule has 0 spiro atoms. The molecule has 4 rings (SSSR count). The van der Waals surface area contributed by atoms with E-state index in [1.165, 1.54) is 53.5 Å². The Labute approximate surface area is 201 Å². The molecule has 0 bridgehead atoms. The Kier molecular flexibility index (Phi) is 7.16. The zero-order valence-corrected chi connectivity index (χ0v) is 18.7. The smallest absolute Gasteiger partial charge is 0.410 e. The quantitative estimate of drug-likeness (QED) is 0.214. The molecule has 0 N–H and O–H groups in total. The molecule has 0 radical (unpaired) electrons. The number of carbonyl (C=O) groups is 2. The Morgan fingerprint density at radius 2 is 1.35 bits per heavy atom. The lowest BCUT2D eigenvalue weighted by Crippen LogP contribution is -2.29. The Morgan fingerprint density at radius 3 is 1.91 bits per heavy atom. The molecule has 1 amide bonds. The van der Waals surface area contributed by atoms with Crippen LogP contribution in [0.3, 0.4) is 0 Å². The van der Waals surface area contributed by atoms with E-state index in [9.17, 15) is 14.0 Å². The molecule has 0 fully saturated rings. The number of ether oxygens (including phenoxy) is 1. The van der Waals surface area contributed by atoms with Crippen molar-refractivity contribution in [2.75, 3.05) is 4.90 Å². The maximum absolute atomic E-state index is 13.9. The van der Waals surface area contributed by atoms with Crippen molar-refractivity contribution in [1.82, 2.24) is 0 Å². The second-order valence-corrected chi connectivity index (χ2v) is 7.64. The first-order chi connectivity index (χ1) is 16.5. The SMILES string of the molecule is O=C(/C=C/c1c(F)cccc1Cl)c1ccc(OC(=O)N(c2ccccc2)c2ccccc2)cc1. The third-order valence-electron chi connectivity index (χ3n) is 4.96. The van der Waals surface area contributed by atoms with Crippen LogP contribution in [0.2, 0.25) is 5.02 Å². The number of anilines is 2. The van der Waals surface area contributed by atoms with E-state index in [0.29, 0.717) is 16.9 Å². The number of amides is 1. The second kappa shape index (κ2) is 10.6. The van der Waals surface area contributed by atoms with Gasteiger partial charge in [-0.2, -0.15) is 0 Å². The van der Waals surface area contributed by atoms with Gasteiger partial charge in [-0.25, -0.2) is 14.1 Å². The van der Waals surface area contributed by atoms with Gasteiger partial charge in [0, 0.05) is 11.1 Å². The summed E-state index contributed by atoms with van der Waals surface area (Å²) in [6.07, 6.45) is 1.99. The fraction of sp³-hybridized carbons (Fsp3) is 0. The second-order valence-electron chi connectivity index (χ2n) is 7.23. The van der Waals surface area contributed by atoms with Crippen molar-refractivity contribution in [3.05, 3.63) is 131 Å². The molecule has 0 unspecified atom stereocenters. The van der Waals surface area contributed by atoms with Crippen molar-refractivity contribution in [2.24, 2.45) is 0 Å². The molecule has 34 heavy (non-hydrogen) atoms. The maximum atomic E-state index is 13.9. The van der Waals surface area contributed by atoms with Crippen LogP contribution >= 0.6 is 11.6 Å². The van der Waals surface area contributed by atoms with E-state index in [1.54, 1.807) is 6.07 Å². The van der Waals surface area contributed by atoms with Gasteiger partial charge in [0.05, 0.1) is 16.4 Å². The van der Waals surface area contributed by atoms with Gasteiger partial charge in [-0.3, -0.25) is 4.79 Å². The minimum atomic E-state index is -0.592. The predicted octanol–water partition coefficient (Wildman–Crippen LogP) is 7.71. The monoisotopic (exact) mass is 471 g/mol. The summed E-state index contributed by atoms with van der Waals surface area (Å²) in [7, 11) is 0. The van der Waals surface area contributed by atoms with Gasteiger partial charge in [0.2, 0.25) is 0 Å². The van der Waals surface area contributed by atoms with E-state index in [0.717, 1.165) is 0 Å². The highest BCUT2D eigenvalue weighted by atomic mass is 35.5. The predicted molar refractivity (Wildman–Crippen MR) is 132 cm³/mol. The Bertz CT molecular complexity index is 1260. The van der Waals surface area contributed by atoms with Crippen LogP contribution in [0.5, 0.6) is 5.75 Å². The lowest BCUT2D eigenvalue weighted by Gasteiger charge is -2.22. The number of benzene rings is 4. The van der Waals surface area contributed by atoms with Crippen molar-refractivity contribution in [3.63, 3.8) is 0 Å². The summed E-state index contributed by atoms with van der Waals surface area (Å²) >= 11 is 5.99. The van der Waals surface area contributed by atoms with Gasteiger partial charge in [0.15, 0.2) is 5.78 Å². The van der Waals surface area contributed by atoms with Crippen LogP contribution in [0.15, 0.2) is 109 Å². The van der Waals surface area contributed by atoms with Crippen LogP contribution in [0.25, 0.3) is 6.08 Å². The lowest BCUT2D eigenvalue weighted by molar-refractivity contribution is 0.104. The van der Waals surface area contributed by atoms with Crippen molar-refractivity contribution < 1.29 is 18.7 Å². The zero-order valence-electron chi connectivity index (χ0n) is 17.9. The number of allylic oxidation sites excluding steroid dienone is 1. The Hall–Kier alpha value is -4.22. The standard InChI is InChI=1S/C28H19ClFNO3/c29-25-12-7-13-26(30)24(25)18-19-27(32)20-14-16-23(17-15-20)34-28(33)31(21-8-3-1-4-9-21)22-10-5-2-6-11-22/h1-19H/b19-18+. The third kappa shape index (κ3) is 5.39. The van der Waals surface area contributed by atoms with Crippen molar-refractivity contribution in [3.8, 4) is 5.75 Å². The molecular formula is C28H19ClFNO3. The summed E-state index contributed by atoms with van der Waals surface area (Å²) in [6.45, 7) is 0. The number of para-hydroxylation sites is 2. The van der Waals surface area contributed by atoms with Gasteiger partial charge in [-0.15, -0.1) is 0 Å². The molecule has 4 aromatic rings. The fourth-order valence-corrected chi connectivity index (χ4v) is 3.50. The van der Waals surface area contributed by atoms with E-state index >= 15 is 0 Å². The van der Waals surface area contributed by atoms with Crippen LogP contribution < -0.4 is 9.64 Å². The van der Waals surface area contributed by atoms with E-state index in [4.69, 9.17) is 16.3 Å². The van der Waals surface area contributed by atoms with E-state index in [1.807, 2.05) is 60.7 Å². The molecule has 0 saturated carbocycles. The molecule has 168 valence electrons. The minimum absolute atomic E-state index is 0.144. The molecule has 4 aromatic carbocycles. The van der Waals surface area contributed by atoms with Crippen molar-refractivity contribution in [2.45, 2.75) is 0 Å². The molecule has 0 aliphatic carbocycles. The topological polar surface area (TPSA) is 46.6 Å². The summed E-state index contributed by atoms with van der Waals surface area (Å²) in [4.78, 5) is 27.0. The van der Waals surface area contributed by atoms with Gasteiger partial charge in [-0.1, -0.05) is 54.1 Å². The van der Waals surface area contributed by atoms with E-state index < -0.39 is 11.9 Å². The van der Waals surface area contributed by atoms with E-state index in [2.05, 4.69) is 0 Å². The Balaban J connectivity index is 1.50. The molecule has 4 nitrogen and oxygen atoms in total. The summed E-state index contributed by atoms with van der Waals surface area (Å²) in [5.74, 6) is -0.577. The molecule has 0 heterocycles. The first-order valence-corrected chi connectivity index (χ1v) is 10.8. The van der Waals surface area contributed by atoms with E-state index in [-0.39, 0.29) is 22.1 Å². The van der Waals surface area contributed by atoms with Crippen molar-refractivity contribution >= 4 is 40.9 Å². The van der Waals surface area contributed by atoms with Crippen LogP contribution in [-0.2, 0) is 0 Å². The highest BCUT2D eigenvalue weighted by Crippen LogP contribution is 2.27. The van der Waals surface area contributed by atoms with Gasteiger partial charge >= 0.3 is 6.09 Å². The van der Waals surface area contributed by atoms with Crippen LogP contribution in [0.4, 0.5) is 20.6 Å². The highest BCUT2D eigenvalue weighted by molar-refractivity contribution is 6.32. The number of nitrogens with zero attached hydrogens (tertiary/aromatic N) is 1. The minimum Gasteiger partial charge on any atom is -0.410 e. The number of hydrogen-bond acceptors (Lipinski definition) is 3. The first-order valence-electron chi connectivity index (χ1n) is 10.4. The van der Waals surface area contributed by atoms with Gasteiger partial charge < -0.3 is 4.74 Å². The number of rotatable bonds is 6. The molecule has 0 aliphatic heterocycles. The lowest BCUT2D eigenvalue weighted by atomic mass is 10.1. The average Bonchev–Trinajstić information content (AvgIpc) is 2.85. The number of halogens is 2. The van der Waals surface area contributed by atoms with Gasteiger partial charge in [0.1, 0.15) is 11.6 Å². The highest BCUT2D eigenvalue weighted by Gasteiger charge is 2.20. The molecule has 0 saturated heterocycles. The fourth-order valence-electron chi connectivity index (χ4n) is 3.27. The molecule has 0 aromatic heterocycles. The summed E-state index contributed by atoms with van der Waals surface area (Å²) in [6, 6.07) is 28.7. The third-order valence-corrected chi connectivity index (χ3v) is 5.29. The molecule has 6 heteroatoms. The summed E-state index contributed by atoms with van der Waals surface area (Å²) < 4.78 is 19.5. The average molecular weight is 472 g/mol. The zero-order chi connectivity index (χ0) is 23.9. The number of hydrogen-bond donors (Lipinski definition) is 0. The normalized spacial score (nSPS) is 10.8. The summed E-state index contributed by atoms with van der Waals surface area (Å²) in [5, 5.41) is 0.215. The summed E-state index contributed by atoms with van der Waals surface area (Å²) in [5.41, 5.74) is 1.81. The molecule has 0 atom stereocenters. The van der Waals surface area contributed by atoms with Crippen LogP contribution in [0, 0.1) is 5.82 Å². The Morgan fingerprint density at radius 1 is 0.765 bits per heavy atom. The van der Waals surface area contributed by atoms with Crippen molar-refractivity contribution in [1.29, 1.82) is 0 Å². The largest absolute Gasteiger partial charge is 0.424 e.